The summed E-state index contributed by atoms with van der Waals surface area (Å²) in [5.74, 6) is 0.830. The minimum Gasteiger partial charge on any atom is -0.491 e. The molecule has 0 saturated heterocycles. The molecule has 0 saturated carbocycles. The number of methoxy groups -OCH3 is 1. The van der Waals surface area contributed by atoms with E-state index in [0.717, 1.165) is 37.4 Å². The quantitative estimate of drug-likeness (QED) is 0.624. The van der Waals surface area contributed by atoms with Gasteiger partial charge < -0.3 is 14.6 Å². The maximum absolute atomic E-state index is 10.5. The molecule has 0 heterocycles. The Morgan fingerprint density at radius 1 is 1.00 bits per heavy atom. The Kier molecular flexibility index (Phi) is 8.62. The summed E-state index contributed by atoms with van der Waals surface area (Å²) in [5, 5.41) is 10.5. The van der Waals surface area contributed by atoms with Crippen molar-refractivity contribution in [2.75, 3.05) is 33.4 Å². The lowest BCUT2D eigenvalue weighted by Gasteiger charge is -2.26. The number of aliphatic hydroxyl groups excluding tert-OH is 1. The second kappa shape index (κ2) is 11.0. The van der Waals surface area contributed by atoms with Gasteiger partial charge in [-0.25, -0.2) is 0 Å². The zero-order chi connectivity index (χ0) is 18.8. The Labute approximate surface area is 157 Å². The second-order valence-electron chi connectivity index (χ2n) is 6.74. The van der Waals surface area contributed by atoms with Crippen molar-refractivity contribution >= 4 is 0 Å². The minimum atomic E-state index is -0.541. The minimum absolute atomic E-state index is 0.291. The van der Waals surface area contributed by atoms with Gasteiger partial charge in [0.05, 0.1) is 0 Å². The fraction of sp³-hybridized carbons (Fsp3) is 0.455. The van der Waals surface area contributed by atoms with Crippen molar-refractivity contribution in [3.8, 4) is 5.75 Å². The highest BCUT2D eigenvalue weighted by Crippen LogP contribution is 2.17. The molecule has 142 valence electrons. The summed E-state index contributed by atoms with van der Waals surface area (Å²) in [5.41, 5.74) is 3.64. The Morgan fingerprint density at radius 3 is 2.38 bits per heavy atom. The number of benzene rings is 2. The van der Waals surface area contributed by atoms with Gasteiger partial charge in [-0.2, -0.15) is 0 Å². The third-order valence-corrected chi connectivity index (χ3v) is 4.47. The van der Waals surface area contributed by atoms with Crippen LogP contribution in [0, 0.1) is 13.8 Å². The van der Waals surface area contributed by atoms with Crippen LogP contribution in [0.4, 0.5) is 0 Å². The SMILES string of the molecule is COCCCN(Cc1ccccc1C)C[C@H](O)COc1ccccc1C. The maximum atomic E-state index is 10.5. The molecule has 1 atom stereocenters. The van der Waals surface area contributed by atoms with Gasteiger partial charge in [-0.05, 0) is 43.0 Å². The zero-order valence-electron chi connectivity index (χ0n) is 16.1. The summed E-state index contributed by atoms with van der Waals surface area (Å²) in [6.45, 7) is 7.42. The predicted molar refractivity (Wildman–Crippen MR) is 106 cm³/mol. The van der Waals surface area contributed by atoms with Gasteiger partial charge in [0.25, 0.3) is 0 Å². The summed E-state index contributed by atoms with van der Waals surface area (Å²) in [6, 6.07) is 16.3. The first-order chi connectivity index (χ1) is 12.6. The lowest BCUT2D eigenvalue weighted by atomic mass is 10.1. The highest BCUT2D eigenvalue weighted by molar-refractivity contribution is 5.31. The van der Waals surface area contributed by atoms with Gasteiger partial charge in [0, 0.05) is 33.4 Å². The molecular formula is C22H31NO3. The molecule has 0 spiro atoms. The molecule has 1 N–H and O–H groups in total. The van der Waals surface area contributed by atoms with E-state index >= 15 is 0 Å². The molecule has 2 aromatic rings. The van der Waals surface area contributed by atoms with E-state index in [1.165, 1.54) is 11.1 Å². The monoisotopic (exact) mass is 357 g/mol. The average molecular weight is 357 g/mol. The molecule has 0 aliphatic heterocycles. The zero-order valence-corrected chi connectivity index (χ0v) is 16.1. The third kappa shape index (κ3) is 6.79. The summed E-state index contributed by atoms with van der Waals surface area (Å²) in [6.07, 6.45) is 0.398. The molecule has 0 bridgehead atoms. The highest BCUT2D eigenvalue weighted by Gasteiger charge is 2.14. The van der Waals surface area contributed by atoms with Crippen molar-refractivity contribution in [3.05, 3.63) is 65.2 Å². The Hall–Kier alpha value is -1.88. The van der Waals surface area contributed by atoms with Gasteiger partial charge >= 0.3 is 0 Å². The Balaban J connectivity index is 1.91. The van der Waals surface area contributed by atoms with Crippen molar-refractivity contribution in [1.82, 2.24) is 4.90 Å². The summed E-state index contributed by atoms with van der Waals surface area (Å²) < 4.78 is 11.0. The first-order valence-corrected chi connectivity index (χ1v) is 9.22. The predicted octanol–water partition coefficient (Wildman–Crippen LogP) is 3.58. The van der Waals surface area contributed by atoms with Gasteiger partial charge in [-0.1, -0.05) is 42.5 Å². The van der Waals surface area contributed by atoms with E-state index < -0.39 is 6.10 Å². The van der Waals surface area contributed by atoms with Crippen LogP contribution >= 0.6 is 0 Å². The molecule has 0 aliphatic carbocycles. The van der Waals surface area contributed by atoms with Gasteiger partial charge in [0.15, 0.2) is 0 Å². The number of aliphatic hydroxyl groups is 1. The molecule has 0 aliphatic rings. The number of nitrogens with zero attached hydrogens (tertiary/aromatic N) is 1. The van der Waals surface area contributed by atoms with Crippen LogP contribution in [0.1, 0.15) is 23.1 Å². The molecule has 0 radical (unpaired) electrons. The first-order valence-electron chi connectivity index (χ1n) is 9.22. The summed E-state index contributed by atoms with van der Waals surface area (Å²) in [7, 11) is 1.72. The maximum Gasteiger partial charge on any atom is 0.122 e. The molecule has 2 rings (SSSR count). The van der Waals surface area contributed by atoms with E-state index in [0.29, 0.717) is 13.2 Å². The molecule has 4 heteroatoms. The van der Waals surface area contributed by atoms with Crippen LogP contribution in [0.3, 0.4) is 0 Å². The van der Waals surface area contributed by atoms with Crippen LogP contribution in [0.15, 0.2) is 48.5 Å². The van der Waals surface area contributed by atoms with E-state index in [1.807, 2.05) is 31.2 Å². The molecule has 26 heavy (non-hydrogen) atoms. The standard InChI is InChI=1S/C22H31NO3/c1-18-9-4-6-11-20(18)15-23(13-8-14-25-3)16-21(24)17-26-22-12-7-5-10-19(22)2/h4-7,9-12,21,24H,8,13-17H2,1-3H3/t21-/m0/s1. The van der Waals surface area contributed by atoms with Crippen molar-refractivity contribution in [2.45, 2.75) is 32.9 Å². The number of para-hydroxylation sites is 1. The average Bonchev–Trinajstić information content (AvgIpc) is 2.63. The van der Waals surface area contributed by atoms with Crippen molar-refractivity contribution in [3.63, 3.8) is 0 Å². The molecule has 0 amide bonds. The highest BCUT2D eigenvalue weighted by atomic mass is 16.5. The van der Waals surface area contributed by atoms with Gasteiger partial charge in [-0.15, -0.1) is 0 Å². The Bertz CT molecular complexity index is 659. The topological polar surface area (TPSA) is 41.9 Å². The molecular weight excluding hydrogens is 326 g/mol. The van der Waals surface area contributed by atoms with Gasteiger partial charge in [0.1, 0.15) is 18.5 Å². The second-order valence-corrected chi connectivity index (χ2v) is 6.74. The molecule has 2 aromatic carbocycles. The molecule has 4 nitrogen and oxygen atoms in total. The van der Waals surface area contributed by atoms with Gasteiger partial charge in [-0.3, -0.25) is 4.90 Å². The van der Waals surface area contributed by atoms with Crippen LogP contribution in [0.2, 0.25) is 0 Å². The molecule has 0 unspecified atom stereocenters. The Morgan fingerprint density at radius 2 is 1.69 bits per heavy atom. The molecule has 0 aromatic heterocycles. The lowest BCUT2D eigenvalue weighted by Crippen LogP contribution is -2.36. The largest absolute Gasteiger partial charge is 0.491 e. The van der Waals surface area contributed by atoms with E-state index in [1.54, 1.807) is 7.11 Å². The number of ether oxygens (including phenoxy) is 2. The number of rotatable bonds is 11. The van der Waals surface area contributed by atoms with Crippen molar-refractivity contribution in [2.24, 2.45) is 0 Å². The number of hydrogen-bond acceptors (Lipinski definition) is 4. The van der Waals surface area contributed by atoms with Crippen LogP contribution < -0.4 is 4.74 Å². The van der Waals surface area contributed by atoms with E-state index in [4.69, 9.17) is 9.47 Å². The fourth-order valence-electron chi connectivity index (χ4n) is 2.95. The van der Waals surface area contributed by atoms with Crippen LogP contribution in [0.5, 0.6) is 5.75 Å². The normalized spacial score (nSPS) is 12.3. The van der Waals surface area contributed by atoms with E-state index in [2.05, 4.69) is 36.1 Å². The smallest absolute Gasteiger partial charge is 0.122 e. The number of aryl methyl sites for hydroxylation is 2. The summed E-state index contributed by atoms with van der Waals surface area (Å²) >= 11 is 0. The summed E-state index contributed by atoms with van der Waals surface area (Å²) in [4.78, 5) is 2.27. The number of hydrogen-bond donors (Lipinski definition) is 1. The van der Waals surface area contributed by atoms with E-state index in [9.17, 15) is 5.11 Å². The van der Waals surface area contributed by atoms with Crippen molar-refractivity contribution in [1.29, 1.82) is 0 Å². The third-order valence-electron chi connectivity index (χ3n) is 4.47. The lowest BCUT2D eigenvalue weighted by molar-refractivity contribution is 0.0615. The molecule has 0 fully saturated rings. The van der Waals surface area contributed by atoms with E-state index in [-0.39, 0.29) is 0 Å². The van der Waals surface area contributed by atoms with Gasteiger partial charge in [0.2, 0.25) is 0 Å². The first kappa shape index (κ1) is 20.4. The van der Waals surface area contributed by atoms with Crippen LogP contribution in [0.25, 0.3) is 0 Å². The fourth-order valence-corrected chi connectivity index (χ4v) is 2.95. The van der Waals surface area contributed by atoms with Crippen LogP contribution in [-0.2, 0) is 11.3 Å². The van der Waals surface area contributed by atoms with Crippen LogP contribution in [-0.4, -0.2) is 49.5 Å². The van der Waals surface area contributed by atoms with Crippen molar-refractivity contribution < 1.29 is 14.6 Å².